The fourth-order valence-electron chi connectivity index (χ4n) is 1.15. The van der Waals surface area contributed by atoms with Gasteiger partial charge in [0.25, 0.3) is 0 Å². The van der Waals surface area contributed by atoms with Gasteiger partial charge in [-0.25, -0.2) is 0 Å². The molecular formula is C6H14N2O2. The average molecular weight is 146 g/mol. The van der Waals surface area contributed by atoms with Gasteiger partial charge in [-0.2, -0.15) is 0 Å². The first-order valence-electron chi connectivity index (χ1n) is 3.60. The number of aliphatic hydroxyl groups excluding tert-OH is 2. The normalized spacial score (nSPS) is 33.0. The molecule has 0 amide bonds. The maximum absolute atomic E-state index is 9.16. The molecule has 2 unspecified atom stereocenters. The summed E-state index contributed by atoms with van der Waals surface area (Å²) in [4.78, 5) is 0. The van der Waals surface area contributed by atoms with Crippen LogP contribution in [0.25, 0.3) is 0 Å². The highest BCUT2D eigenvalue weighted by molar-refractivity contribution is 4.81. The van der Waals surface area contributed by atoms with Crippen molar-refractivity contribution in [1.29, 1.82) is 0 Å². The molecular weight excluding hydrogens is 132 g/mol. The second kappa shape index (κ2) is 3.88. The zero-order valence-corrected chi connectivity index (χ0v) is 5.88. The molecule has 0 aromatic heterocycles. The van der Waals surface area contributed by atoms with E-state index in [0.717, 1.165) is 13.0 Å². The SMILES string of the molecule is OCCNC1CCNC1O. The van der Waals surface area contributed by atoms with Gasteiger partial charge in [-0.1, -0.05) is 0 Å². The second-order valence-corrected chi connectivity index (χ2v) is 2.47. The van der Waals surface area contributed by atoms with Crippen LogP contribution in [-0.4, -0.2) is 42.2 Å². The van der Waals surface area contributed by atoms with Crippen LogP contribution in [0, 0.1) is 0 Å². The molecule has 4 heteroatoms. The third-order valence-electron chi connectivity index (χ3n) is 1.71. The minimum Gasteiger partial charge on any atom is -0.395 e. The standard InChI is InChI=1S/C6H14N2O2/c9-4-3-7-5-1-2-8-6(5)10/h5-10H,1-4H2. The van der Waals surface area contributed by atoms with Crippen LogP contribution < -0.4 is 10.6 Å². The Bertz CT molecular complexity index is 99.7. The van der Waals surface area contributed by atoms with E-state index in [2.05, 4.69) is 10.6 Å². The van der Waals surface area contributed by atoms with Gasteiger partial charge in [0.1, 0.15) is 6.23 Å². The number of nitrogens with one attached hydrogen (secondary N) is 2. The number of hydrogen-bond donors (Lipinski definition) is 4. The van der Waals surface area contributed by atoms with E-state index >= 15 is 0 Å². The van der Waals surface area contributed by atoms with Crippen LogP contribution in [0.4, 0.5) is 0 Å². The zero-order valence-electron chi connectivity index (χ0n) is 5.88. The summed E-state index contributed by atoms with van der Waals surface area (Å²) in [5.41, 5.74) is 0. The van der Waals surface area contributed by atoms with Crippen molar-refractivity contribution in [2.75, 3.05) is 19.7 Å². The molecule has 0 saturated carbocycles. The smallest absolute Gasteiger partial charge is 0.120 e. The lowest BCUT2D eigenvalue weighted by Crippen LogP contribution is -2.41. The van der Waals surface area contributed by atoms with Gasteiger partial charge in [-0.3, -0.25) is 5.32 Å². The highest BCUT2D eigenvalue weighted by Gasteiger charge is 2.22. The molecule has 0 spiro atoms. The Kier molecular flexibility index (Phi) is 3.08. The predicted molar refractivity (Wildman–Crippen MR) is 37.5 cm³/mol. The molecule has 0 aromatic carbocycles. The lowest BCUT2D eigenvalue weighted by Gasteiger charge is -2.14. The molecule has 1 fully saturated rings. The third kappa shape index (κ3) is 1.91. The Morgan fingerprint density at radius 2 is 2.40 bits per heavy atom. The van der Waals surface area contributed by atoms with E-state index in [1.807, 2.05) is 0 Å². The fraction of sp³-hybridized carbons (Fsp3) is 1.00. The van der Waals surface area contributed by atoms with Crippen LogP contribution >= 0.6 is 0 Å². The Morgan fingerprint density at radius 3 is 2.90 bits per heavy atom. The third-order valence-corrected chi connectivity index (χ3v) is 1.71. The van der Waals surface area contributed by atoms with Crippen LogP contribution in [0.2, 0.25) is 0 Å². The number of aliphatic hydroxyl groups is 2. The van der Waals surface area contributed by atoms with Gasteiger partial charge in [0.05, 0.1) is 6.61 Å². The van der Waals surface area contributed by atoms with Gasteiger partial charge >= 0.3 is 0 Å². The van der Waals surface area contributed by atoms with Gasteiger partial charge in [-0.05, 0) is 13.0 Å². The molecule has 4 N–H and O–H groups in total. The van der Waals surface area contributed by atoms with Crippen molar-refractivity contribution in [3.05, 3.63) is 0 Å². The second-order valence-electron chi connectivity index (χ2n) is 2.47. The topological polar surface area (TPSA) is 64.5 Å². The molecule has 0 aromatic rings. The summed E-state index contributed by atoms with van der Waals surface area (Å²) in [6.07, 6.45) is 0.493. The summed E-state index contributed by atoms with van der Waals surface area (Å²) in [7, 11) is 0. The molecule has 0 radical (unpaired) electrons. The largest absolute Gasteiger partial charge is 0.395 e. The Labute approximate surface area is 60.2 Å². The van der Waals surface area contributed by atoms with Gasteiger partial charge in [0, 0.05) is 12.6 Å². The van der Waals surface area contributed by atoms with Crippen molar-refractivity contribution in [3.63, 3.8) is 0 Å². The van der Waals surface area contributed by atoms with Gasteiger partial charge in [0.15, 0.2) is 0 Å². The van der Waals surface area contributed by atoms with Crippen molar-refractivity contribution in [2.45, 2.75) is 18.7 Å². The van der Waals surface area contributed by atoms with Crippen LogP contribution in [0.1, 0.15) is 6.42 Å². The van der Waals surface area contributed by atoms with Crippen LogP contribution in [0.3, 0.4) is 0 Å². The lowest BCUT2D eigenvalue weighted by molar-refractivity contribution is 0.126. The Hall–Kier alpha value is -0.160. The summed E-state index contributed by atoms with van der Waals surface area (Å²) in [6.45, 7) is 1.54. The monoisotopic (exact) mass is 146 g/mol. The Balaban J connectivity index is 2.14. The van der Waals surface area contributed by atoms with E-state index in [9.17, 15) is 0 Å². The van der Waals surface area contributed by atoms with Crippen molar-refractivity contribution in [1.82, 2.24) is 10.6 Å². The van der Waals surface area contributed by atoms with Gasteiger partial charge in [-0.15, -0.1) is 0 Å². The predicted octanol–water partition coefficient (Wildman–Crippen LogP) is -1.75. The molecule has 1 aliphatic rings. The summed E-state index contributed by atoms with van der Waals surface area (Å²) in [6, 6.07) is 0.118. The van der Waals surface area contributed by atoms with Crippen molar-refractivity contribution in [3.8, 4) is 0 Å². The summed E-state index contributed by atoms with van der Waals surface area (Å²) in [5, 5.41) is 23.5. The van der Waals surface area contributed by atoms with Crippen molar-refractivity contribution < 1.29 is 10.2 Å². The lowest BCUT2D eigenvalue weighted by atomic mass is 10.2. The highest BCUT2D eigenvalue weighted by Crippen LogP contribution is 2.02. The van der Waals surface area contributed by atoms with E-state index in [0.29, 0.717) is 6.54 Å². The first-order chi connectivity index (χ1) is 4.84. The molecule has 0 aliphatic carbocycles. The summed E-state index contributed by atoms with van der Waals surface area (Å²) >= 11 is 0. The Morgan fingerprint density at radius 1 is 1.60 bits per heavy atom. The fourth-order valence-corrected chi connectivity index (χ4v) is 1.15. The molecule has 0 bridgehead atoms. The molecule has 1 aliphatic heterocycles. The maximum atomic E-state index is 9.16. The molecule has 10 heavy (non-hydrogen) atoms. The van der Waals surface area contributed by atoms with Crippen LogP contribution in [-0.2, 0) is 0 Å². The quantitative estimate of drug-likeness (QED) is 0.381. The first kappa shape index (κ1) is 7.94. The van der Waals surface area contributed by atoms with Crippen LogP contribution in [0.15, 0.2) is 0 Å². The van der Waals surface area contributed by atoms with E-state index in [4.69, 9.17) is 10.2 Å². The van der Waals surface area contributed by atoms with E-state index in [1.165, 1.54) is 0 Å². The van der Waals surface area contributed by atoms with Crippen molar-refractivity contribution in [2.24, 2.45) is 0 Å². The zero-order chi connectivity index (χ0) is 7.40. The van der Waals surface area contributed by atoms with E-state index in [1.54, 1.807) is 0 Å². The molecule has 2 atom stereocenters. The summed E-state index contributed by atoms with van der Waals surface area (Å²) < 4.78 is 0. The average Bonchev–Trinajstić information content (AvgIpc) is 2.31. The van der Waals surface area contributed by atoms with E-state index < -0.39 is 6.23 Å². The minimum atomic E-state index is -0.438. The maximum Gasteiger partial charge on any atom is 0.120 e. The van der Waals surface area contributed by atoms with Gasteiger partial charge < -0.3 is 15.5 Å². The van der Waals surface area contributed by atoms with E-state index in [-0.39, 0.29) is 12.6 Å². The molecule has 4 nitrogen and oxygen atoms in total. The minimum absolute atomic E-state index is 0.118. The molecule has 1 saturated heterocycles. The number of hydrogen-bond acceptors (Lipinski definition) is 4. The highest BCUT2D eigenvalue weighted by atomic mass is 16.3. The van der Waals surface area contributed by atoms with Crippen molar-refractivity contribution >= 4 is 0 Å². The number of rotatable bonds is 3. The first-order valence-corrected chi connectivity index (χ1v) is 3.60. The molecule has 1 rings (SSSR count). The molecule has 1 heterocycles. The summed E-state index contributed by atoms with van der Waals surface area (Å²) in [5.74, 6) is 0. The molecule has 60 valence electrons. The van der Waals surface area contributed by atoms with Crippen LogP contribution in [0.5, 0.6) is 0 Å². The van der Waals surface area contributed by atoms with Gasteiger partial charge in [0.2, 0.25) is 0 Å².